The summed E-state index contributed by atoms with van der Waals surface area (Å²) in [6.07, 6.45) is 4.31. The van der Waals surface area contributed by atoms with Gasteiger partial charge in [-0.05, 0) is 33.1 Å². The van der Waals surface area contributed by atoms with Crippen LogP contribution in [0.2, 0.25) is 0 Å². The van der Waals surface area contributed by atoms with E-state index in [9.17, 15) is 9.59 Å². The molecule has 0 aliphatic rings. The summed E-state index contributed by atoms with van der Waals surface area (Å²) in [6.45, 7) is 14.8. The number of ether oxygens (including phenoxy) is 1. The average molecular weight is 313 g/mol. The molecule has 130 valence electrons. The van der Waals surface area contributed by atoms with Gasteiger partial charge in [0.15, 0.2) is 5.78 Å². The number of hydrogen-bond acceptors (Lipinski definition) is 3. The molecule has 0 aliphatic heterocycles. The third-order valence-corrected chi connectivity index (χ3v) is 4.52. The van der Waals surface area contributed by atoms with E-state index in [1.165, 1.54) is 0 Å². The van der Waals surface area contributed by atoms with Gasteiger partial charge in [0, 0.05) is 12.0 Å². The number of rotatable bonds is 12. The molecule has 0 spiro atoms. The van der Waals surface area contributed by atoms with Gasteiger partial charge >= 0.3 is 0 Å². The molecule has 1 amide bonds. The summed E-state index contributed by atoms with van der Waals surface area (Å²) in [6, 6.07) is 0. The molecule has 0 heterocycles. The second-order valence-electron chi connectivity index (χ2n) is 7.34. The van der Waals surface area contributed by atoms with Crippen LogP contribution in [0.4, 0.5) is 0 Å². The van der Waals surface area contributed by atoms with E-state index >= 15 is 0 Å². The summed E-state index contributed by atoms with van der Waals surface area (Å²) in [5, 5.41) is 0. The van der Waals surface area contributed by atoms with E-state index in [1.807, 2.05) is 20.8 Å². The second kappa shape index (κ2) is 9.29. The molecule has 22 heavy (non-hydrogen) atoms. The van der Waals surface area contributed by atoms with Crippen molar-refractivity contribution in [1.82, 2.24) is 4.90 Å². The summed E-state index contributed by atoms with van der Waals surface area (Å²) >= 11 is 0. The van der Waals surface area contributed by atoms with Gasteiger partial charge in [-0.3, -0.25) is 9.59 Å². The second-order valence-corrected chi connectivity index (χ2v) is 7.34. The van der Waals surface area contributed by atoms with Crippen LogP contribution in [0.15, 0.2) is 0 Å². The minimum atomic E-state index is -0.384. The zero-order valence-corrected chi connectivity index (χ0v) is 15.6. The van der Waals surface area contributed by atoms with Gasteiger partial charge in [-0.15, -0.1) is 0 Å². The fourth-order valence-corrected chi connectivity index (χ4v) is 2.05. The first-order valence-corrected chi connectivity index (χ1v) is 8.52. The van der Waals surface area contributed by atoms with E-state index < -0.39 is 0 Å². The molecule has 0 aromatic carbocycles. The normalized spacial score (nSPS) is 13.8. The average Bonchev–Trinajstić information content (AvgIpc) is 2.46. The third kappa shape index (κ3) is 7.39. The van der Waals surface area contributed by atoms with Crippen LogP contribution >= 0.6 is 0 Å². The third-order valence-electron chi connectivity index (χ3n) is 4.52. The first-order chi connectivity index (χ1) is 10.1. The fourth-order valence-electron chi connectivity index (χ4n) is 2.05. The van der Waals surface area contributed by atoms with Gasteiger partial charge in [-0.1, -0.05) is 41.0 Å². The van der Waals surface area contributed by atoms with Crippen molar-refractivity contribution in [2.24, 2.45) is 5.41 Å². The lowest BCUT2D eigenvalue weighted by Gasteiger charge is -2.33. The Balaban J connectivity index is 4.78. The molecule has 0 rings (SSSR count). The summed E-state index contributed by atoms with van der Waals surface area (Å²) in [5.41, 5.74) is -0.591. The molecule has 1 unspecified atom stereocenters. The maximum absolute atomic E-state index is 12.3. The minimum absolute atomic E-state index is 0.0253. The van der Waals surface area contributed by atoms with E-state index in [-0.39, 0.29) is 29.4 Å². The summed E-state index contributed by atoms with van der Waals surface area (Å²) in [4.78, 5) is 25.2. The van der Waals surface area contributed by atoms with Gasteiger partial charge < -0.3 is 9.64 Å². The van der Waals surface area contributed by atoms with Crippen LogP contribution in [0.5, 0.6) is 0 Å². The first-order valence-electron chi connectivity index (χ1n) is 8.52. The number of hydrogen-bond donors (Lipinski definition) is 0. The van der Waals surface area contributed by atoms with Crippen molar-refractivity contribution in [2.45, 2.75) is 85.9 Å². The Bertz CT molecular complexity index is 350. The van der Waals surface area contributed by atoms with Crippen molar-refractivity contribution in [3.63, 3.8) is 0 Å². The number of carbonyl (C=O) groups excluding carboxylic acids is 2. The zero-order chi connectivity index (χ0) is 17.4. The maximum Gasteiger partial charge on any atom is 0.210 e. The van der Waals surface area contributed by atoms with Gasteiger partial charge in [0.05, 0.1) is 18.2 Å². The van der Waals surface area contributed by atoms with Crippen LogP contribution in [0.1, 0.15) is 74.1 Å². The number of ketones is 1. The molecule has 0 aromatic rings. The molecule has 0 N–H and O–H groups in total. The number of carbonyl (C=O) groups is 2. The van der Waals surface area contributed by atoms with Crippen LogP contribution < -0.4 is 0 Å². The first kappa shape index (κ1) is 21.1. The predicted molar refractivity (Wildman–Crippen MR) is 90.9 cm³/mol. The highest BCUT2D eigenvalue weighted by molar-refractivity contribution is 5.87. The Kier molecular flexibility index (Phi) is 8.91. The molecule has 0 aliphatic carbocycles. The zero-order valence-electron chi connectivity index (χ0n) is 15.6. The van der Waals surface area contributed by atoms with Crippen LogP contribution in [-0.2, 0) is 14.3 Å². The van der Waals surface area contributed by atoms with Crippen molar-refractivity contribution >= 4 is 12.2 Å². The van der Waals surface area contributed by atoms with Gasteiger partial charge in [0.25, 0.3) is 0 Å². The van der Waals surface area contributed by atoms with Crippen molar-refractivity contribution in [3.8, 4) is 0 Å². The SMILES string of the molecule is CCCC(CN(C=O)CC(=O)C(C)(C)CC)OC(C)(C)CC. The molecule has 0 radical (unpaired) electrons. The van der Waals surface area contributed by atoms with E-state index in [4.69, 9.17) is 4.74 Å². The lowest BCUT2D eigenvalue weighted by molar-refractivity contribution is -0.136. The van der Waals surface area contributed by atoms with Crippen molar-refractivity contribution in [3.05, 3.63) is 0 Å². The Hall–Kier alpha value is -0.900. The van der Waals surface area contributed by atoms with E-state index in [2.05, 4.69) is 27.7 Å². The smallest absolute Gasteiger partial charge is 0.210 e. The maximum atomic E-state index is 12.3. The van der Waals surface area contributed by atoms with Gasteiger partial charge in [-0.2, -0.15) is 0 Å². The standard InChI is InChI=1S/C18H35NO3/c1-8-11-15(22-18(6,7)10-3)12-19(14-20)13-16(21)17(4,5)9-2/h14-15H,8-13H2,1-7H3. The number of amides is 1. The number of Topliss-reactive ketones (excluding diaryl/α,β-unsaturated/α-hetero) is 1. The molecule has 1 atom stereocenters. The fraction of sp³-hybridized carbons (Fsp3) is 0.889. The lowest BCUT2D eigenvalue weighted by Crippen LogP contribution is -2.42. The molecule has 0 fully saturated rings. The molecular weight excluding hydrogens is 278 g/mol. The number of nitrogens with zero attached hydrogens (tertiary/aromatic N) is 1. The minimum Gasteiger partial charge on any atom is -0.371 e. The van der Waals surface area contributed by atoms with E-state index in [0.29, 0.717) is 6.54 Å². The predicted octanol–water partition coefficient (Wildman–Crippen LogP) is 3.82. The Morgan fingerprint density at radius 1 is 1.14 bits per heavy atom. The Morgan fingerprint density at radius 3 is 2.14 bits per heavy atom. The summed E-state index contributed by atoms with van der Waals surface area (Å²) in [7, 11) is 0. The Labute approximate surface area is 136 Å². The van der Waals surface area contributed by atoms with Gasteiger partial charge in [0.2, 0.25) is 6.41 Å². The molecule has 4 heteroatoms. The van der Waals surface area contributed by atoms with Crippen LogP contribution in [-0.4, -0.2) is 41.9 Å². The quantitative estimate of drug-likeness (QED) is 0.515. The highest BCUT2D eigenvalue weighted by atomic mass is 16.5. The van der Waals surface area contributed by atoms with Crippen molar-refractivity contribution < 1.29 is 14.3 Å². The van der Waals surface area contributed by atoms with Crippen molar-refractivity contribution in [2.75, 3.05) is 13.1 Å². The molecule has 0 bridgehead atoms. The summed E-state index contributed by atoms with van der Waals surface area (Å²) in [5.74, 6) is 0.104. The van der Waals surface area contributed by atoms with Gasteiger partial charge in [0.1, 0.15) is 0 Å². The van der Waals surface area contributed by atoms with E-state index in [1.54, 1.807) is 4.90 Å². The monoisotopic (exact) mass is 313 g/mol. The van der Waals surface area contributed by atoms with Gasteiger partial charge in [-0.25, -0.2) is 0 Å². The molecule has 0 aromatic heterocycles. The molecule has 4 nitrogen and oxygen atoms in total. The largest absolute Gasteiger partial charge is 0.371 e. The van der Waals surface area contributed by atoms with Crippen LogP contribution in [0.25, 0.3) is 0 Å². The lowest BCUT2D eigenvalue weighted by atomic mass is 9.85. The van der Waals surface area contributed by atoms with E-state index in [0.717, 1.165) is 32.1 Å². The molecule has 0 saturated carbocycles. The molecular formula is C18H35NO3. The van der Waals surface area contributed by atoms with Crippen LogP contribution in [0, 0.1) is 5.41 Å². The van der Waals surface area contributed by atoms with Crippen molar-refractivity contribution in [1.29, 1.82) is 0 Å². The Morgan fingerprint density at radius 2 is 1.73 bits per heavy atom. The molecule has 0 saturated heterocycles. The summed E-state index contributed by atoms with van der Waals surface area (Å²) < 4.78 is 6.14. The highest BCUT2D eigenvalue weighted by Gasteiger charge is 2.28. The van der Waals surface area contributed by atoms with Crippen LogP contribution in [0.3, 0.4) is 0 Å². The topological polar surface area (TPSA) is 46.6 Å². The highest BCUT2D eigenvalue weighted by Crippen LogP contribution is 2.22.